The summed E-state index contributed by atoms with van der Waals surface area (Å²) in [7, 11) is 0. The summed E-state index contributed by atoms with van der Waals surface area (Å²) in [5.41, 5.74) is 12.3. The van der Waals surface area contributed by atoms with E-state index in [-0.39, 0.29) is 0 Å². The van der Waals surface area contributed by atoms with Gasteiger partial charge in [0.2, 0.25) is 0 Å². The standard InChI is InChI=1S/C55H35N3S/c1-4-14-36(15-5-1)38-26-28-40(29-27-38)44-34-49-47-24-13-23-46(42-32-30-39(31-33-42)37-16-6-2-7-17-37)51(47)59-52(49)50(35-44)55-57-53(43-19-8-3-9-20-43)56-54(58-55)48-25-12-21-41-18-10-11-22-45(41)48/h1-35H. The molecule has 2 heterocycles. The van der Waals surface area contributed by atoms with Crippen LogP contribution in [0.15, 0.2) is 212 Å². The molecule has 11 rings (SSSR count). The quantitative estimate of drug-likeness (QED) is 0.162. The maximum absolute atomic E-state index is 5.36. The summed E-state index contributed by atoms with van der Waals surface area (Å²) < 4.78 is 2.38. The van der Waals surface area contributed by atoms with Gasteiger partial charge in [-0.2, -0.15) is 0 Å². The molecule has 0 saturated heterocycles. The molecular formula is C55H35N3S. The first-order valence-electron chi connectivity index (χ1n) is 19.8. The molecule has 0 aliphatic carbocycles. The van der Waals surface area contributed by atoms with Crippen LogP contribution in [0.4, 0.5) is 0 Å². The lowest BCUT2D eigenvalue weighted by Crippen LogP contribution is -2.01. The van der Waals surface area contributed by atoms with E-state index in [0.717, 1.165) is 43.3 Å². The molecule has 11 aromatic rings. The van der Waals surface area contributed by atoms with Crippen LogP contribution in [-0.2, 0) is 0 Å². The van der Waals surface area contributed by atoms with Crippen LogP contribution in [0.2, 0.25) is 0 Å². The molecule has 4 heteroatoms. The molecule has 2 aromatic heterocycles. The van der Waals surface area contributed by atoms with Crippen molar-refractivity contribution in [3.05, 3.63) is 212 Å². The van der Waals surface area contributed by atoms with E-state index < -0.39 is 0 Å². The molecule has 59 heavy (non-hydrogen) atoms. The van der Waals surface area contributed by atoms with E-state index in [1.807, 2.05) is 29.5 Å². The van der Waals surface area contributed by atoms with E-state index in [4.69, 9.17) is 15.0 Å². The van der Waals surface area contributed by atoms with E-state index >= 15 is 0 Å². The Balaban J connectivity index is 1.15. The maximum atomic E-state index is 5.36. The predicted octanol–water partition coefficient (Wildman–Crippen LogP) is 15.1. The number of rotatable bonds is 7. The second-order valence-electron chi connectivity index (χ2n) is 14.8. The van der Waals surface area contributed by atoms with Crippen molar-refractivity contribution in [1.82, 2.24) is 15.0 Å². The maximum Gasteiger partial charge on any atom is 0.165 e. The molecule has 9 aromatic carbocycles. The highest BCUT2D eigenvalue weighted by Gasteiger charge is 2.21. The Labute approximate surface area is 346 Å². The van der Waals surface area contributed by atoms with Crippen LogP contribution in [0.5, 0.6) is 0 Å². The number of aromatic nitrogens is 3. The molecular weight excluding hydrogens is 735 g/mol. The first-order chi connectivity index (χ1) is 29.2. The molecule has 0 N–H and O–H groups in total. The normalized spacial score (nSPS) is 11.4. The number of nitrogens with zero attached hydrogens (tertiary/aromatic N) is 3. The van der Waals surface area contributed by atoms with Crippen molar-refractivity contribution in [1.29, 1.82) is 0 Å². The van der Waals surface area contributed by atoms with E-state index in [0.29, 0.717) is 17.5 Å². The minimum atomic E-state index is 0.643. The van der Waals surface area contributed by atoms with Crippen molar-refractivity contribution in [3.63, 3.8) is 0 Å². The van der Waals surface area contributed by atoms with Crippen molar-refractivity contribution in [2.24, 2.45) is 0 Å². The zero-order chi connectivity index (χ0) is 39.1. The fourth-order valence-corrected chi connectivity index (χ4v) is 9.50. The molecule has 276 valence electrons. The van der Waals surface area contributed by atoms with Gasteiger partial charge in [0.1, 0.15) is 0 Å². The Bertz CT molecular complexity index is 3280. The lowest BCUT2D eigenvalue weighted by Gasteiger charge is -2.12. The third-order valence-electron chi connectivity index (χ3n) is 11.2. The third kappa shape index (κ3) is 6.46. The molecule has 0 aliphatic rings. The van der Waals surface area contributed by atoms with Crippen molar-refractivity contribution >= 4 is 42.3 Å². The largest absolute Gasteiger partial charge is 0.208 e. The van der Waals surface area contributed by atoms with Crippen LogP contribution < -0.4 is 0 Å². The molecule has 0 radical (unpaired) electrons. The van der Waals surface area contributed by atoms with Crippen molar-refractivity contribution < 1.29 is 0 Å². The van der Waals surface area contributed by atoms with Gasteiger partial charge in [-0.25, -0.2) is 15.0 Å². The van der Waals surface area contributed by atoms with Gasteiger partial charge in [0.05, 0.1) is 0 Å². The summed E-state index contributed by atoms with van der Waals surface area (Å²) in [5.74, 6) is 1.94. The lowest BCUT2D eigenvalue weighted by molar-refractivity contribution is 1.08. The van der Waals surface area contributed by atoms with Gasteiger partial charge < -0.3 is 0 Å². The van der Waals surface area contributed by atoms with Crippen LogP contribution in [0.3, 0.4) is 0 Å². The topological polar surface area (TPSA) is 38.7 Å². The minimum Gasteiger partial charge on any atom is -0.208 e. The average molecular weight is 770 g/mol. The fourth-order valence-electron chi connectivity index (χ4n) is 8.17. The molecule has 0 amide bonds. The van der Waals surface area contributed by atoms with Gasteiger partial charge in [0.15, 0.2) is 17.5 Å². The van der Waals surface area contributed by atoms with E-state index in [1.165, 1.54) is 48.9 Å². The van der Waals surface area contributed by atoms with Crippen molar-refractivity contribution in [3.8, 4) is 78.7 Å². The van der Waals surface area contributed by atoms with E-state index in [2.05, 4.69) is 194 Å². The lowest BCUT2D eigenvalue weighted by atomic mass is 9.96. The second kappa shape index (κ2) is 14.8. The minimum absolute atomic E-state index is 0.643. The highest BCUT2D eigenvalue weighted by Crippen LogP contribution is 2.46. The monoisotopic (exact) mass is 769 g/mol. The Morgan fingerprint density at radius 3 is 1.36 bits per heavy atom. The highest BCUT2D eigenvalue weighted by atomic mass is 32.1. The summed E-state index contributed by atoms with van der Waals surface area (Å²) in [4.78, 5) is 15.8. The summed E-state index contributed by atoms with van der Waals surface area (Å²) in [6.07, 6.45) is 0. The zero-order valence-corrected chi connectivity index (χ0v) is 32.8. The molecule has 0 aliphatic heterocycles. The van der Waals surface area contributed by atoms with Gasteiger partial charge in [-0.3, -0.25) is 0 Å². The Kier molecular flexibility index (Phi) is 8.68. The number of benzene rings is 9. The SMILES string of the molecule is c1ccc(-c2ccc(-c3cc(-c4nc(-c5ccccc5)nc(-c5cccc6ccccc56)n4)c4sc5c(-c6ccc(-c7ccccc7)cc6)cccc5c4c3)cc2)cc1. The van der Waals surface area contributed by atoms with Crippen molar-refractivity contribution in [2.75, 3.05) is 0 Å². The van der Waals surface area contributed by atoms with Gasteiger partial charge in [0, 0.05) is 36.9 Å². The van der Waals surface area contributed by atoms with E-state index in [1.54, 1.807) is 0 Å². The highest BCUT2D eigenvalue weighted by molar-refractivity contribution is 7.26. The molecule has 3 nitrogen and oxygen atoms in total. The number of hydrogen-bond acceptors (Lipinski definition) is 4. The molecule has 0 bridgehead atoms. The second-order valence-corrected chi connectivity index (χ2v) is 15.8. The van der Waals surface area contributed by atoms with Gasteiger partial charge in [0.25, 0.3) is 0 Å². The van der Waals surface area contributed by atoms with Crippen LogP contribution in [0.1, 0.15) is 0 Å². The zero-order valence-electron chi connectivity index (χ0n) is 32.0. The van der Waals surface area contributed by atoms with Crippen LogP contribution >= 0.6 is 11.3 Å². The number of fused-ring (bicyclic) bond motifs is 4. The first-order valence-corrected chi connectivity index (χ1v) is 20.7. The molecule has 0 atom stereocenters. The Morgan fingerprint density at radius 1 is 0.254 bits per heavy atom. The van der Waals surface area contributed by atoms with Gasteiger partial charge in [-0.05, 0) is 67.4 Å². The van der Waals surface area contributed by atoms with Gasteiger partial charge in [-0.1, -0.05) is 200 Å². The Hall–Kier alpha value is -7.53. The van der Waals surface area contributed by atoms with Crippen LogP contribution in [0, 0.1) is 0 Å². The Morgan fingerprint density at radius 2 is 0.695 bits per heavy atom. The average Bonchev–Trinajstić information content (AvgIpc) is 3.71. The number of hydrogen-bond donors (Lipinski definition) is 0. The molecule has 0 unspecified atom stereocenters. The van der Waals surface area contributed by atoms with Crippen LogP contribution in [-0.4, -0.2) is 15.0 Å². The van der Waals surface area contributed by atoms with Crippen LogP contribution in [0.25, 0.3) is 110 Å². The summed E-state index contributed by atoms with van der Waals surface area (Å²) in [6, 6.07) is 75.2. The third-order valence-corrected chi connectivity index (χ3v) is 12.5. The summed E-state index contributed by atoms with van der Waals surface area (Å²) in [5, 5.41) is 4.64. The molecule has 0 saturated carbocycles. The summed E-state index contributed by atoms with van der Waals surface area (Å²) in [6.45, 7) is 0. The fraction of sp³-hybridized carbons (Fsp3) is 0. The molecule has 0 fully saturated rings. The number of thiophene rings is 1. The van der Waals surface area contributed by atoms with Gasteiger partial charge >= 0.3 is 0 Å². The summed E-state index contributed by atoms with van der Waals surface area (Å²) >= 11 is 1.81. The predicted molar refractivity (Wildman–Crippen MR) is 248 cm³/mol. The first kappa shape index (κ1) is 34.7. The molecule has 0 spiro atoms. The van der Waals surface area contributed by atoms with E-state index in [9.17, 15) is 0 Å². The smallest absolute Gasteiger partial charge is 0.165 e. The van der Waals surface area contributed by atoms with Crippen molar-refractivity contribution in [2.45, 2.75) is 0 Å². The van der Waals surface area contributed by atoms with Gasteiger partial charge in [-0.15, -0.1) is 11.3 Å².